The lowest BCUT2D eigenvalue weighted by molar-refractivity contribution is 0.0694. The minimum atomic E-state index is -1.10. The number of benzene rings is 2. The van der Waals surface area contributed by atoms with Crippen molar-refractivity contribution in [2.45, 2.75) is 0 Å². The summed E-state index contributed by atoms with van der Waals surface area (Å²) in [6.45, 7) is 0. The Hall–Kier alpha value is -1.78. The molecule has 20 heavy (non-hydrogen) atoms. The molecule has 0 saturated heterocycles. The second kappa shape index (κ2) is 6.11. The van der Waals surface area contributed by atoms with Crippen LogP contribution in [0.15, 0.2) is 36.4 Å². The second-order valence-corrected chi connectivity index (χ2v) is 5.48. The maximum Gasteiger partial charge on any atom is 0.339 e. The van der Waals surface area contributed by atoms with Gasteiger partial charge in [0.25, 0.3) is 0 Å². The Balaban J connectivity index is 2.48. The average molecular weight is 400 g/mol. The lowest BCUT2D eigenvalue weighted by Gasteiger charge is -2.10. The summed E-state index contributed by atoms with van der Waals surface area (Å²) in [5.74, 6) is -0.709. The van der Waals surface area contributed by atoms with Crippen molar-refractivity contribution in [3.8, 4) is 17.6 Å². The molecular weight excluding hydrogens is 393 g/mol. The minimum absolute atomic E-state index is 0.0285. The molecule has 2 rings (SSSR count). The summed E-state index contributed by atoms with van der Waals surface area (Å²) in [6, 6.07) is 11.3. The lowest BCUT2D eigenvalue weighted by atomic mass is 10.2. The average Bonchev–Trinajstić information content (AvgIpc) is 2.41. The highest BCUT2D eigenvalue weighted by molar-refractivity contribution is 14.1. The number of carbonyl (C=O) groups is 1. The summed E-state index contributed by atoms with van der Waals surface area (Å²) in [6.07, 6.45) is 0. The van der Waals surface area contributed by atoms with Crippen LogP contribution in [0.1, 0.15) is 15.9 Å². The van der Waals surface area contributed by atoms with Crippen LogP contribution in [-0.4, -0.2) is 11.1 Å². The van der Waals surface area contributed by atoms with E-state index in [1.54, 1.807) is 18.2 Å². The largest absolute Gasteiger partial charge is 0.478 e. The van der Waals surface area contributed by atoms with Gasteiger partial charge in [-0.25, -0.2) is 4.79 Å². The Labute approximate surface area is 133 Å². The van der Waals surface area contributed by atoms with E-state index in [-0.39, 0.29) is 22.6 Å². The van der Waals surface area contributed by atoms with Gasteiger partial charge in [-0.3, -0.25) is 0 Å². The molecule has 4 nitrogen and oxygen atoms in total. The number of carboxylic acids is 1. The maximum atomic E-state index is 11.2. The Kier molecular flexibility index (Phi) is 4.47. The first kappa shape index (κ1) is 14.6. The third-order valence-corrected chi connectivity index (χ3v) is 3.36. The molecule has 0 atom stereocenters. The molecule has 0 aliphatic heterocycles. The molecule has 0 unspecified atom stereocenters. The van der Waals surface area contributed by atoms with Crippen molar-refractivity contribution in [3.63, 3.8) is 0 Å². The van der Waals surface area contributed by atoms with Crippen molar-refractivity contribution >= 4 is 40.2 Å². The molecule has 2 aromatic rings. The monoisotopic (exact) mass is 399 g/mol. The van der Waals surface area contributed by atoms with E-state index >= 15 is 0 Å². The van der Waals surface area contributed by atoms with Crippen LogP contribution in [0.3, 0.4) is 0 Å². The van der Waals surface area contributed by atoms with Gasteiger partial charge in [0.15, 0.2) is 0 Å². The van der Waals surface area contributed by atoms with Crippen molar-refractivity contribution in [1.29, 1.82) is 5.26 Å². The molecular formula is C14H7ClINO3. The highest BCUT2D eigenvalue weighted by Crippen LogP contribution is 2.31. The fourth-order valence-electron chi connectivity index (χ4n) is 1.55. The van der Waals surface area contributed by atoms with Gasteiger partial charge in [-0.05, 0) is 52.9 Å². The number of carboxylic acid groups (broad SMARTS) is 1. The summed E-state index contributed by atoms with van der Waals surface area (Å²) in [4.78, 5) is 11.2. The van der Waals surface area contributed by atoms with Gasteiger partial charge < -0.3 is 9.84 Å². The van der Waals surface area contributed by atoms with Crippen molar-refractivity contribution < 1.29 is 14.6 Å². The minimum Gasteiger partial charge on any atom is -0.478 e. The third kappa shape index (κ3) is 3.21. The number of halogens is 2. The molecule has 0 aliphatic carbocycles. The molecule has 0 fully saturated rings. The first-order chi connectivity index (χ1) is 9.51. The predicted octanol–water partition coefficient (Wildman–Crippen LogP) is 4.31. The highest BCUT2D eigenvalue weighted by Gasteiger charge is 2.14. The van der Waals surface area contributed by atoms with E-state index in [4.69, 9.17) is 21.6 Å². The van der Waals surface area contributed by atoms with E-state index < -0.39 is 5.97 Å². The Morgan fingerprint density at radius 3 is 2.65 bits per heavy atom. The lowest BCUT2D eigenvalue weighted by Crippen LogP contribution is -2.01. The summed E-state index contributed by atoms with van der Waals surface area (Å²) in [5, 5.41) is 18.6. The van der Waals surface area contributed by atoms with E-state index in [0.717, 1.165) is 3.57 Å². The van der Waals surface area contributed by atoms with Gasteiger partial charge in [-0.2, -0.15) is 5.26 Å². The second-order valence-electron chi connectivity index (χ2n) is 3.80. The number of ether oxygens (including phenoxy) is 1. The molecule has 0 bridgehead atoms. The van der Waals surface area contributed by atoms with Crippen LogP contribution in [0, 0.1) is 14.9 Å². The fraction of sp³-hybridized carbons (Fsp3) is 0. The standard InChI is InChI=1S/C14H7ClINO3/c15-9-2-1-8(7-17)13(5-9)20-12-4-3-10(16)6-11(12)14(18)19/h1-6H,(H,18,19). The summed E-state index contributed by atoms with van der Waals surface area (Å²) in [7, 11) is 0. The molecule has 1 N–H and O–H groups in total. The van der Waals surface area contributed by atoms with Crippen LogP contribution >= 0.6 is 34.2 Å². The Morgan fingerprint density at radius 2 is 2.00 bits per heavy atom. The van der Waals surface area contributed by atoms with E-state index in [9.17, 15) is 9.90 Å². The molecule has 0 amide bonds. The molecule has 100 valence electrons. The first-order valence-corrected chi connectivity index (χ1v) is 6.87. The molecule has 0 radical (unpaired) electrons. The number of rotatable bonds is 3. The van der Waals surface area contributed by atoms with Crippen LogP contribution in [0.25, 0.3) is 0 Å². The van der Waals surface area contributed by atoms with Crippen molar-refractivity contribution in [2.24, 2.45) is 0 Å². The van der Waals surface area contributed by atoms with E-state index in [1.807, 2.05) is 28.7 Å². The van der Waals surface area contributed by atoms with Gasteiger partial charge in [-0.1, -0.05) is 11.6 Å². The molecule has 0 aliphatic rings. The number of aromatic carboxylic acids is 1. The molecule has 6 heteroatoms. The number of nitriles is 1. The SMILES string of the molecule is N#Cc1ccc(Cl)cc1Oc1ccc(I)cc1C(=O)O. The van der Waals surface area contributed by atoms with E-state index in [1.165, 1.54) is 18.2 Å². The predicted molar refractivity (Wildman–Crippen MR) is 82.4 cm³/mol. The van der Waals surface area contributed by atoms with Gasteiger partial charge >= 0.3 is 5.97 Å². The summed E-state index contributed by atoms with van der Waals surface area (Å²) < 4.78 is 6.31. The summed E-state index contributed by atoms with van der Waals surface area (Å²) >= 11 is 7.87. The van der Waals surface area contributed by atoms with Gasteiger partial charge in [0.05, 0.1) is 5.56 Å². The third-order valence-electron chi connectivity index (χ3n) is 2.46. The van der Waals surface area contributed by atoms with Crippen molar-refractivity contribution in [3.05, 3.63) is 56.1 Å². The van der Waals surface area contributed by atoms with Crippen molar-refractivity contribution in [1.82, 2.24) is 0 Å². The zero-order valence-corrected chi connectivity index (χ0v) is 12.8. The fourth-order valence-corrected chi connectivity index (χ4v) is 2.20. The Bertz CT molecular complexity index is 725. The molecule has 0 heterocycles. The number of hydrogen-bond acceptors (Lipinski definition) is 3. The van der Waals surface area contributed by atoms with Crippen LogP contribution < -0.4 is 4.74 Å². The smallest absolute Gasteiger partial charge is 0.339 e. The highest BCUT2D eigenvalue weighted by atomic mass is 127. The zero-order chi connectivity index (χ0) is 14.7. The van der Waals surface area contributed by atoms with Gasteiger partial charge in [-0.15, -0.1) is 0 Å². The van der Waals surface area contributed by atoms with Crippen LogP contribution in [0.5, 0.6) is 11.5 Å². The van der Waals surface area contributed by atoms with Crippen molar-refractivity contribution in [2.75, 3.05) is 0 Å². The molecule has 0 spiro atoms. The van der Waals surface area contributed by atoms with E-state index in [2.05, 4.69) is 0 Å². The molecule has 0 aromatic heterocycles. The zero-order valence-electron chi connectivity index (χ0n) is 9.93. The molecule has 0 saturated carbocycles. The molecule has 2 aromatic carbocycles. The number of hydrogen-bond donors (Lipinski definition) is 1. The summed E-state index contributed by atoms with van der Waals surface area (Å²) in [5.41, 5.74) is 0.310. The van der Waals surface area contributed by atoms with Crippen LogP contribution in [-0.2, 0) is 0 Å². The van der Waals surface area contributed by atoms with Gasteiger partial charge in [0.1, 0.15) is 23.1 Å². The quantitative estimate of drug-likeness (QED) is 0.781. The normalized spacial score (nSPS) is 9.85. The van der Waals surface area contributed by atoms with Gasteiger partial charge in [0.2, 0.25) is 0 Å². The van der Waals surface area contributed by atoms with Crippen LogP contribution in [0.4, 0.5) is 0 Å². The van der Waals surface area contributed by atoms with Gasteiger partial charge in [0, 0.05) is 14.7 Å². The number of nitrogens with zero attached hydrogens (tertiary/aromatic N) is 1. The first-order valence-electron chi connectivity index (χ1n) is 5.41. The maximum absolute atomic E-state index is 11.2. The topological polar surface area (TPSA) is 70.3 Å². The van der Waals surface area contributed by atoms with Crippen LogP contribution in [0.2, 0.25) is 5.02 Å². The Morgan fingerprint density at radius 1 is 1.25 bits per heavy atom. The van der Waals surface area contributed by atoms with E-state index in [0.29, 0.717) is 5.02 Å².